The van der Waals surface area contributed by atoms with Crippen molar-refractivity contribution >= 4 is 27.2 Å². The predicted molar refractivity (Wildman–Crippen MR) is 115 cm³/mol. The van der Waals surface area contributed by atoms with E-state index in [1.54, 1.807) is 60.8 Å². The fourth-order valence-electron chi connectivity index (χ4n) is 3.52. The number of sulfone groups is 1. The highest BCUT2D eigenvalue weighted by atomic mass is 32.2. The summed E-state index contributed by atoms with van der Waals surface area (Å²) in [5, 5.41) is 2.87. The molecule has 8 heteroatoms. The van der Waals surface area contributed by atoms with Crippen LogP contribution in [0.4, 0.5) is 11.5 Å². The molecule has 0 bridgehead atoms. The van der Waals surface area contributed by atoms with Crippen LogP contribution < -0.4 is 10.2 Å². The number of hydrogen-bond donors (Lipinski definition) is 1. The molecule has 1 fully saturated rings. The highest BCUT2D eigenvalue weighted by Gasteiger charge is 2.20. The van der Waals surface area contributed by atoms with Gasteiger partial charge in [0.05, 0.1) is 16.8 Å². The van der Waals surface area contributed by atoms with Gasteiger partial charge in [-0.3, -0.25) is 4.79 Å². The fourth-order valence-corrected chi connectivity index (χ4v) is 4.88. The summed E-state index contributed by atoms with van der Waals surface area (Å²) in [6, 6.07) is 15.0. The van der Waals surface area contributed by atoms with Crippen LogP contribution in [0.5, 0.6) is 0 Å². The molecule has 0 saturated carbocycles. The molecule has 4 rings (SSSR count). The van der Waals surface area contributed by atoms with Crippen LogP contribution >= 0.6 is 0 Å². The summed E-state index contributed by atoms with van der Waals surface area (Å²) in [4.78, 5) is 23.6. The third-order valence-corrected chi connectivity index (χ3v) is 6.70. The molecule has 30 heavy (non-hydrogen) atoms. The number of benzene rings is 2. The molecular weight excluding hydrogens is 400 g/mol. The maximum Gasteiger partial charge on any atom is 0.255 e. The van der Waals surface area contributed by atoms with Crippen molar-refractivity contribution in [2.75, 3.05) is 23.3 Å². The first-order valence-electron chi connectivity index (χ1n) is 9.76. The van der Waals surface area contributed by atoms with E-state index < -0.39 is 9.84 Å². The molecular formula is C22H22N4O3S. The zero-order chi connectivity index (χ0) is 21.0. The minimum absolute atomic E-state index is 0.175. The van der Waals surface area contributed by atoms with Crippen LogP contribution in [0.1, 0.15) is 28.8 Å². The van der Waals surface area contributed by atoms with Crippen molar-refractivity contribution in [1.82, 2.24) is 9.97 Å². The number of nitrogens with zero attached hydrogens (tertiary/aromatic N) is 3. The van der Waals surface area contributed by atoms with E-state index in [-0.39, 0.29) is 16.6 Å². The molecule has 0 spiro atoms. The molecule has 1 saturated heterocycles. The Bertz CT molecular complexity index is 1140. The molecule has 0 unspecified atom stereocenters. The minimum Gasteiger partial charge on any atom is -0.355 e. The van der Waals surface area contributed by atoms with Crippen molar-refractivity contribution in [2.24, 2.45) is 0 Å². The van der Waals surface area contributed by atoms with E-state index in [4.69, 9.17) is 0 Å². The fraction of sp³-hybridized carbons (Fsp3) is 0.227. The van der Waals surface area contributed by atoms with Crippen LogP contribution in [0.25, 0.3) is 0 Å². The van der Waals surface area contributed by atoms with Gasteiger partial charge in [-0.1, -0.05) is 30.3 Å². The third kappa shape index (κ3) is 4.49. The molecule has 1 amide bonds. The summed E-state index contributed by atoms with van der Waals surface area (Å²) in [5.74, 6) is 0.203. The molecule has 0 radical (unpaired) electrons. The molecule has 2 aromatic carbocycles. The minimum atomic E-state index is -3.49. The number of rotatable bonds is 6. The molecule has 1 aliphatic heterocycles. The first-order chi connectivity index (χ1) is 14.5. The second-order valence-corrected chi connectivity index (χ2v) is 9.17. The summed E-state index contributed by atoms with van der Waals surface area (Å²) in [7, 11) is -3.49. The largest absolute Gasteiger partial charge is 0.355 e. The molecule has 3 aromatic rings. The van der Waals surface area contributed by atoms with Crippen molar-refractivity contribution in [3.05, 3.63) is 78.2 Å². The second-order valence-electron chi connectivity index (χ2n) is 7.18. The van der Waals surface area contributed by atoms with E-state index in [9.17, 15) is 13.2 Å². The number of anilines is 2. The molecule has 2 heterocycles. The second kappa shape index (κ2) is 8.62. The summed E-state index contributed by atoms with van der Waals surface area (Å²) in [5.41, 5.74) is 1.48. The molecule has 1 aromatic heterocycles. The Morgan fingerprint density at radius 1 is 1.03 bits per heavy atom. The van der Waals surface area contributed by atoms with Gasteiger partial charge in [-0.25, -0.2) is 18.4 Å². The van der Waals surface area contributed by atoms with Crippen molar-refractivity contribution in [1.29, 1.82) is 0 Å². The van der Waals surface area contributed by atoms with Crippen LogP contribution in [-0.4, -0.2) is 37.4 Å². The number of carbonyl (C=O) groups is 1. The van der Waals surface area contributed by atoms with Gasteiger partial charge in [0.1, 0.15) is 12.0 Å². The number of aromatic nitrogens is 2. The molecule has 0 atom stereocenters. The summed E-state index contributed by atoms with van der Waals surface area (Å²) < 4.78 is 25.3. The molecule has 1 N–H and O–H groups in total. The Morgan fingerprint density at radius 3 is 2.57 bits per heavy atom. The maximum atomic E-state index is 12.8. The molecule has 7 nitrogen and oxygen atoms in total. The van der Waals surface area contributed by atoms with E-state index in [1.165, 1.54) is 6.33 Å². The summed E-state index contributed by atoms with van der Waals surface area (Å²) in [6.45, 7) is 1.79. The summed E-state index contributed by atoms with van der Waals surface area (Å²) >= 11 is 0. The smallest absolute Gasteiger partial charge is 0.255 e. The lowest BCUT2D eigenvalue weighted by Gasteiger charge is -2.19. The lowest BCUT2D eigenvalue weighted by atomic mass is 10.1. The van der Waals surface area contributed by atoms with Crippen molar-refractivity contribution in [2.45, 2.75) is 23.5 Å². The number of carbonyl (C=O) groups excluding carboxylic acids is 1. The van der Waals surface area contributed by atoms with Crippen molar-refractivity contribution in [3.8, 4) is 0 Å². The van der Waals surface area contributed by atoms with Gasteiger partial charge in [-0.05, 0) is 42.7 Å². The average Bonchev–Trinajstić information content (AvgIpc) is 3.29. The molecule has 0 aliphatic carbocycles. The number of nitrogens with one attached hydrogen (secondary N) is 1. The van der Waals surface area contributed by atoms with Gasteiger partial charge < -0.3 is 10.2 Å². The highest BCUT2D eigenvalue weighted by Crippen LogP contribution is 2.26. The van der Waals surface area contributed by atoms with Gasteiger partial charge in [0.15, 0.2) is 15.7 Å². The lowest BCUT2D eigenvalue weighted by molar-refractivity contribution is 0.102. The van der Waals surface area contributed by atoms with Gasteiger partial charge in [0.2, 0.25) is 0 Å². The van der Waals surface area contributed by atoms with E-state index in [2.05, 4.69) is 20.2 Å². The standard InChI is InChI=1S/C22H22N4O3S/c27-22(25-20-14-23-16-24-21(20)26-11-4-5-12-26)18-8-6-7-17(13-18)15-30(28,29)19-9-2-1-3-10-19/h1-3,6-10,13-14,16H,4-5,11-12,15H2,(H,25,27). The Kier molecular flexibility index (Phi) is 5.76. The van der Waals surface area contributed by atoms with E-state index in [0.717, 1.165) is 25.9 Å². The number of hydrogen-bond acceptors (Lipinski definition) is 6. The number of amides is 1. The molecule has 1 aliphatic rings. The van der Waals surface area contributed by atoms with E-state index in [0.29, 0.717) is 22.6 Å². The monoisotopic (exact) mass is 422 g/mol. The topological polar surface area (TPSA) is 92.3 Å². The van der Waals surface area contributed by atoms with Gasteiger partial charge in [-0.15, -0.1) is 0 Å². The van der Waals surface area contributed by atoms with Crippen LogP contribution in [0, 0.1) is 0 Å². The normalized spacial score (nSPS) is 13.9. The first kappa shape index (κ1) is 20.0. The summed E-state index contributed by atoms with van der Waals surface area (Å²) in [6.07, 6.45) is 5.24. The Labute approximate surface area is 175 Å². The van der Waals surface area contributed by atoms with Crippen LogP contribution in [-0.2, 0) is 15.6 Å². The predicted octanol–water partition coefficient (Wildman–Crippen LogP) is 3.30. The van der Waals surface area contributed by atoms with Crippen LogP contribution in [0.15, 0.2) is 72.0 Å². The van der Waals surface area contributed by atoms with E-state index >= 15 is 0 Å². The maximum absolute atomic E-state index is 12.8. The van der Waals surface area contributed by atoms with Gasteiger partial charge >= 0.3 is 0 Å². The highest BCUT2D eigenvalue weighted by molar-refractivity contribution is 7.90. The van der Waals surface area contributed by atoms with Gasteiger partial charge in [0.25, 0.3) is 5.91 Å². The third-order valence-electron chi connectivity index (χ3n) is 4.99. The quantitative estimate of drug-likeness (QED) is 0.655. The van der Waals surface area contributed by atoms with Crippen molar-refractivity contribution < 1.29 is 13.2 Å². The van der Waals surface area contributed by atoms with Gasteiger partial charge in [0, 0.05) is 18.7 Å². The Morgan fingerprint density at radius 2 is 1.80 bits per heavy atom. The lowest BCUT2D eigenvalue weighted by Crippen LogP contribution is -2.22. The van der Waals surface area contributed by atoms with Crippen LogP contribution in [0.2, 0.25) is 0 Å². The zero-order valence-electron chi connectivity index (χ0n) is 16.4. The van der Waals surface area contributed by atoms with E-state index in [1.807, 2.05) is 0 Å². The Balaban J connectivity index is 1.53. The van der Waals surface area contributed by atoms with Crippen molar-refractivity contribution in [3.63, 3.8) is 0 Å². The average molecular weight is 423 g/mol. The Hall–Kier alpha value is -3.26. The van der Waals surface area contributed by atoms with Crippen LogP contribution in [0.3, 0.4) is 0 Å². The SMILES string of the molecule is O=C(Nc1cncnc1N1CCCC1)c1cccc(CS(=O)(=O)c2ccccc2)c1. The molecule has 154 valence electrons. The zero-order valence-corrected chi connectivity index (χ0v) is 17.2. The van der Waals surface area contributed by atoms with Gasteiger partial charge in [-0.2, -0.15) is 0 Å². The first-order valence-corrected chi connectivity index (χ1v) is 11.4.